The SMILES string of the molecule is C=CC[C@@](O)(C[C@H]1NCCC[C@@H]1O)Cn1cnc2ccccc2c1=O. The number of para-hydroxylation sites is 1. The Labute approximate surface area is 146 Å². The maximum absolute atomic E-state index is 12.7. The lowest BCUT2D eigenvalue weighted by atomic mass is 9.86. The highest BCUT2D eigenvalue weighted by atomic mass is 16.3. The highest BCUT2D eigenvalue weighted by Gasteiger charge is 2.34. The fraction of sp³-hybridized carbons (Fsp3) is 0.474. The maximum Gasteiger partial charge on any atom is 0.261 e. The van der Waals surface area contributed by atoms with Crippen LogP contribution in [0.1, 0.15) is 25.7 Å². The zero-order chi connectivity index (χ0) is 17.9. The molecule has 0 aliphatic carbocycles. The van der Waals surface area contributed by atoms with Crippen LogP contribution in [-0.4, -0.2) is 44.1 Å². The monoisotopic (exact) mass is 343 g/mol. The van der Waals surface area contributed by atoms with Crippen molar-refractivity contribution >= 4 is 10.9 Å². The molecule has 0 saturated carbocycles. The number of nitrogens with one attached hydrogen (secondary N) is 1. The summed E-state index contributed by atoms with van der Waals surface area (Å²) in [5, 5.41) is 25.1. The zero-order valence-electron chi connectivity index (χ0n) is 14.3. The van der Waals surface area contributed by atoms with E-state index in [1.54, 1.807) is 24.3 Å². The van der Waals surface area contributed by atoms with Crippen molar-refractivity contribution in [3.63, 3.8) is 0 Å². The first-order valence-corrected chi connectivity index (χ1v) is 8.71. The molecule has 1 fully saturated rings. The molecular formula is C19H25N3O3. The number of aliphatic hydroxyl groups excluding tert-OH is 1. The van der Waals surface area contributed by atoms with Crippen LogP contribution < -0.4 is 10.9 Å². The van der Waals surface area contributed by atoms with Gasteiger partial charge >= 0.3 is 0 Å². The second kappa shape index (κ2) is 7.47. The van der Waals surface area contributed by atoms with E-state index in [4.69, 9.17) is 0 Å². The van der Waals surface area contributed by atoms with E-state index in [0.29, 0.717) is 23.7 Å². The third-order valence-electron chi connectivity index (χ3n) is 4.87. The Hall–Kier alpha value is -2.02. The highest BCUT2D eigenvalue weighted by molar-refractivity contribution is 5.76. The van der Waals surface area contributed by atoms with Crippen molar-refractivity contribution in [3.8, 4) is 0 Å². The summed E-state index contributed by atoms with van der Waals surface area (Å²) in [5.41, 5.74) is -0.711. The van der Waals surface area contributed by atoms with Gasteiger partial charge in [-0.15, -0.1) is 6.58 Å². The van der Waals surface area contributed by atoms with Gasteiger partial charge < -0.3 is 15.5 Å². The Bertz CT molecular complexity index is 804. The van der Waals surface area contributed by atoms with Gasteiger partial charge in [0.2, 0.25) is 0 Å². The molecule has 2 heterocycles. The molecule has 25 heavy (non-hydrogen) atoms. The smallest absolute Gasteiger partial charge is 0.261 e. The predicted octanol–water partition coefficient (Wildman–Crippen LogP) is 1.21. The standard InChI is InChI=1S/C19H25N3O3/c1-2-9-19(25,11-16-17(23)8-5-10-20-16)12-22-13-21-15-7-4-3-6-14(15)18(22)24/h2-4,6-7,13,16-17,20,23,25H,1,5,8-12H2/t16-,17+,19-/m1/s1. The van der Waals surface area contributed by atoms with E-state index in [1.807, 2.05) is 6.07 Å². The molecule has 1 aliphatic heterocycles. The van der Waals surface area contributed by atoms with E-state index in [9.17, 15) is 15.0 Å². The second-order valence-electron chi connectivity index (χ2n) is 6.89. The minimum Gasteiger partial charge on any atom is -0.392 e. The topological polar surface area (TPSA) is 87.4 Å². The largest absolute Gasteiger partial charge is 0.392 e. The van der Waals surface area contributed by atoms with Crippen LogP contribution in [0.5, 0.6) is 0 Å². The molecule has 1 aromatic heterocycles. The molecule has 3 rings (SSSR count). The van der Waals surface area contributed by atoms with Gasteiger partial charge in [0.15, 0.2) is 0 Å². The Morgan fingerprint density at radius 3 is 3.00 bits per heavy atom. The third-order valence-corrected chi connectivity index (χ3v) is 4.87. The van der Waals surface area contributed by atoms with Crippen LogP contribution >= 0.6 is 0 Å². The molecule has 3 N–H and O–H groups in total. The van der Waals surface area contributed by atoms with Crippen LogP contribution in [0.15, 0.2) is 48.0 Å². The average Bonchev–Trinajstić information content (AvgIpc) is 2.60. The number of nitrogens with zero attached hydrogens (tertiary/aromatic N) is 2. The first-order valence-electron chi connectivity index (χ1n) is 8.71. The van der Waals surface area contributed by atoms with Crippen molar-refractivity contribution in [2.75, 3.05) is 6.54 Å². The normalized spacial score (nSPS) is 23.3. The summed E-state index contributed by atoms with van der Waals surface area (Å²) >= 11 is 0. The first kappa shape index (κ1) is 17.8. The number of rotatable bonds is 6. The summed E-state index contributed by atoms with van der Waals surface area (Å²) in [5.74, 6) is 0. The van der Waals surface area contributed by atoms with Gasteiger partial charge in [0.1, 0.15) is 0 Å². The third kappa shape index (κ3) is 3.98. The number of aliphatic hydroxyl groups is 2. The van der Waals surface area contributed by atoms with Crippen LogP contribution in [0, 0.1) is 0 Å². The molecule has 1 aromatic carbocycles. The summed E-state index contributed by atoms with van der Waals surface area (Å²) in [6, 6.07) is 6.97. The molecule has 6 nitrogen and oxygen atoms in total. The quantitative estimate of drug-likeness (QED) is 0.686. The van der Waals surface area contributed by atoms with E-state index in [1.165, 1.54) is 10.9 Å². The summed E-state index contributed by atoms with van der Waals surface area (Å²) < 4.78 is 1.45. The molecule has 6 heteroatoms. The van der Waals surface area contributed by atoms with E-state index in [-0.39, 0.29) is 18.1 Å². The van der Waals surface area contributed by atoms with Gasteiger partial charge in [-0.25, -0.2) is 4.98 Å². The molecule has 0 spiro atoms. The zero-order valence-corrected chi connectivity index (χ0v) is 14.3. The predicted molar refractivity (Wildman–Crippen MR) is 97.4 cm³/mol. The fourth-order valence-corrected chi connectivity index (χ4v) is 3.57. The van der Waals surface area contributed by atoms with Crippen LogP contribution in [0.25, 0.3) is 10.9 Å². The van der Waals surface area contributed by atoms with E-state index in [0.717, 1.165) is 19.4 Å². The maximum atomic E-state index is 12.7. The van der Waals surface area contributed by atoms with Crippen molar-refractivity contribution in [3.05, 3.63) is 53.6 Å². The fourth-order valence-electron chi connectivity index (χ4n) is 3.57. The first-order chi connectivity index (χ1) is 12.0. The summed E-state index contributed by atoms with van der Waals surface area (Å²) in [6.45, 7) is 4.66. The molecule has 1 aliphatic rings. The van der Waals surface area contributed by atoms with Gasteiger partial charge in [0, 0.05) is 6.04 Å². The van der Waals surface area contributed by atoms with E-state index in [2.05, 4.69) is 16.9 Å². The van der Waals surface area contributed by atoms with Gasteiger partial charge in [-0.05, 0) is 44.4 Å². The Morgan fingerprint density at radius 1 is 1.44 bits per heavy atom. The summed E-state index contributed by atoms with van der Waals surface area (Å²) in [7, 11) is 0. The molecule has 0 amide bonds. The molecule has 0 unspecified atom stereocenters. The van der Waals surface area contributed by atoms with Gasteiger partial charge in [-0.3, -0.25) is 9.36 Å². The van der Waals surface area contributed by atoms with Crippen molar-refractivity contribution in [1.29, 1.82) is 0 Å². The molecule has 1 saturated heterocycles. The van der Waals surface area contributed by atoms with Crippen LogP contribution in [0.3, 0.4) is 0 Å². The molecule has 134 valence electrons. The molecular weight excluding hydrogens is 318 g/mol. The second-order valence-corrected chi connectivity index (χ2v) is 6.89. The lowest BCUT2D eigenvalue weighted by Gasteiger charge is -2.36. The van der Waals surface area contributed by atoms with Crippen molar-refractivity contribution < 1.29 is 10.2 Å². The minimum absolute atomic E-state index is 0.112. The number of fused-ring (bicyclic) bond motifs is 1. The minimum atomic E-state index is -1.17. The van der Waals surface area contributed by atoms with Gasteiger partial charge in [0.05, 0.1) is 35.5 Å². The number of aromatic nitrogens is 2. The number of hydrogen-bond donors (Lipinski definition) is 3. The Kier molecular flexibility index (Phi) is 5.32. The van der Waals surface area contributed by atoms with Gasteiger partial charge in [-0.1, -0.05) is 18.2 Å². The van der Waals surface area contributed by atoms with E-state index < -0.39 is 11.7 Å². The lowest BCUT2D eigenvalue weighted by molar-refractivity contribution is -0.0185. The summed E-state index contributed by atoms with van der Waals surface area (Å²) in [4.78, 5) is 17.0. The molecule has 0 radical (unpaired) electrons. The summed E-state index contributed by atoms with van der Waals surface area (Å²) in [6.07, 6.45) is 4.95. The molecule has 0 bridgehead atoms. The van der Waals surface area contributed by atoms with Gasteiger partial charge in [0.25, 0.3) is 5.56 Å². The molecule has 2 aromatic rings. The Morgan fingerprint density at radius 2 is 2.24 bits per heavy atom. The van der Waals surface area contributed by atoms with Crippen LogP contribution in [0.2, 0.25) is 0 Å². The van der Waals surface area contributed by atoms with Crippen molar-refractivity contribution in [2.24, 2.45) is 0 Å². The van der Waals surface area contributed by atoms with Gasteiger partial charge in [-0.2, -0.15) is 0 Å². The molecule has 3 atom stereocenters. The lowest BCUT2D eigenvalue weighted by Crippen LogP contribution is -2.51. The van der Waals surface area contributed by atoms with Crippen molar-refractivity contribution in [2.45, 2.75) is 50.0 Å². The highest BCUT2D eigenvalue weighted by Crippen LogP contribution is 2.24. The number of piperidine rings is 1. The Balaban J connectivity index is 1.87. The number of hydrogen-bond acceptors (Lipinski definition) is 5. The van der Waals surface area contributed by atoms with E-state index >= 15 is 0 Å². The van der Waals surface area contributed by atoms with Crippen LogP contribution in [-0.2, 0) is 6.54 Å². The van der Waals surface area contributed by atoms with Crippen LogP contribution in [0.4, 0.5) is 0 Å². The van der Waals surface area contributed by atoms with Crippen molar-refractivity contribution in [1.82, 2.24) is 14.9 Å². The average molecular weight is 343 g/mol. The number of benzene rings is 1.